The molecule has 0 atom stereocenters. The lowest BCUT2D eigenvalue weighted by Crippen LogP contribution is -2.13. The predicted octanol–water partition coefficient (Wildman–Crippen LogP) is 2.80. The highest BCUT2D eigenvalue weighted by Gasteiger charge is 2.23. The zero-order chi connectivity index (χ0) is 18.4. The van der Waals surface area contributed by atoms with Gasteiger partial charge in [-0.15, -0.1) is 0 Å². The Morgan fingerprint density at radius 2 is 2.22 bits per heavy atom. The van der Waals surface area contributed by atoms with Crippen LogP contribution < -0.4 is 15.8 Å². The second-order valence-corrected chi connectivity index (χ2v) is 7.25. The van der Waals surface area contributed by atoms with Crippen molar-refractivity contribution in [1.82, 2.24) is 14.5 Å². The van der Waals surface area contributed by atoms with Crippen molar-refractivity contribution in [2.45, 2.75) is 25.8 Å². The van der Waals surface area contributed by atoms with E-state index >= 15 is 0 Å². The summed E-state index contributed by atoms with van der Waals surface area (Å²) in [6.07, 6.45) is 5.10. The molecule has 138 valence electrons. The molecule has 0 bridgehead atoms. The van der Waals surface area contributed by atoms with Crippen LogP contribution in [0.3, 0.4) is 0 Å². The number of nitrogens with one attached hydrogen (secondary N) is 1. The molecule has 3 aromatic rings. The molecular weight excluding hydrogens is 342 g/mol. The summed E-state index contributed by atoms with van der Waals surface area (Å²) in [5.74, 6) is 1.91. The van der Waals surface area contributed by atoms with Crippen LogP contribution in [0.4, 0.5) is 5.69 Å². The first-order valence-corrected chi connectivity index (χ1v) is 9.36. The number of aromatic nitrogens is 3. The SMILES string of the molecule is NC(=O)c1cc(-c2nc3cc(NCC4CC4)cc4c3n2CCCO4)ccn1. The maximum atomic E-state index is 11.5. The highest BCUT2D eigenvalue weighted by Crippen LogP contribution is 2.36. The molecule has 2 aliphatic rings. The summed E-state index contributed by atoms with van der Waals surface area (Å²) in [6, 6.07) is 7.70. The molecule has 0 spiro atoms. The summed E-state index contributed by atoms with van der Waals surface area (Å²) >= 11 is 0. The van der Waals surface area contributed by atoms with E-state index in [0.717, 1.165) is 59.3 Å². The quantitative estimate of drug-likeness (QED) is 0.727. The number of nitrogens with two attached hydrogens (primary N) is 1. The molecule has 3 N–H and O–H groups in total. The molecular formula is C20H21N5O2. The molecule has 3 heterocycles. The number of hydrogen-bond donors (Lipinski definition) is 2. The number of amides is 1. The topological polar surface area (TPSA) is 95.1 Å². The first kappa shape index (κ1) is 16.1. The first-order chi connectivity index (χ1) is 13.2. The van der Waals surface area contributed by atoms with E-state index in [1.165, 1.54) is 12.8 Å². The molecule has 1 saturated carbocycles. The third-order valence-electron chi connectivity index (χ3n) is 5.15. The van der Waals surface area contributed by atoms with Gasteiger partial charge in [-0.3, -0.25) is 9.78 Å². The number of imidazole rings is 1. The van der Waals surface area contributed by atoms with E-state index in [2.05, 4.69) is 27.0 Å². The molecule has 2 aromatic heterocycles. The van der Waals surface area contributed by atoms with Crippen molar-refractivity contribution in [3.05, 3.63) is 36.2 Å². The predicted molar refractivity (Wildman–Crippen MR) is 103 cm³/mol. The van der Waals surface area contributed by atoms with Gasteiger partial charge in [0, 0.05) is 36.6 Å². The van der Waals surface area contributed by atoms with Gasteiger partial charge in [0.2, 0.25) is 0 Å². The summed E-state index contributed by atoms with van der Waals surface area (Å²) in [7, 11) is 0. The fourth-order valence-electron chi connectivity index (χ4n) is 3.57. The number of aryl methyl sites for hydroxylation is 1. The zero-order valence-electron chi connectivity index (χ0n) is 14.9. The van der Waals surface area contributed by atoms with Crippen LogP contribution in [-0.4, -0.2) is 33.6 Å². The van der Waals surface area contributed by atoms with E-state index in [1.807, 2.05) is 6.07 Å². The fraction of sp³-hybridized carbons (Fsp3) is 0.350. The van der Waals surface area contributed by atoms with Crippen LogP contribution in [0.25, 0.3) is 22.4 Å². The Kier molecular flexibility index (Phi) is 3.74. The van der Waals surface area contributed by atoms with Gasteiger partial charge in [0.15, 0.2) is 0 Å². The smallest absolute Gasteiger partial charge is 0.267 e. The number of pyridine rings is 1. The number of primary amides is 1. The molecule has 5 rings (SSSR count). The van der Waals surface area contributed by atoms with Crippen LogP contribution in [0.1, 0.15) is 29.8 Å². The number of carbonyl (C=O) groups excluding carboxylic acids is 1. The molecule has 1 aliphatic heterocycles. The van der Waals surface area contributed by atoms with Gasteiger partial charge in [-0.1, -0.05) is 0 Å². The van der Waals surface area contributed by atoms with E-state index in [9.17, 15) is 4.79 Å². The maximum absolute atomic E-state index is 11.5. The number of nitrogens with zero attached hydrogens (tertiary/aromatic N) is 3. The third kappa shape index (κ3) is 2.99. The van der Waals surface area contributed by atoms with Crippen molar-refractivity contribution in [2.75, 3.05) is 18.5 Å². The highest BCUT2D eigenvalue weighted by atomic mass is 16.5. The van der Waals surface area contributed by atoms with Crippen molar-refractivity contribution in [3.63, 3.8) is 0 Å². The van der Waals surface area contributed by atoms with Gasteiger partial charge < -0.3 is 20.4 Å². The van der Waals surface area contributed by atoms with Crippen LogP contribution in [0.2, 0.25) is 0 Å². The maximum Gasteiger partial charge on any atom is 0.267 e. The molecule has 0 saturated heterocycles. The lowest BCUT2D eigenvalue weighted by atomic mass is 10.2. The van der Waals surface area contributed by atoms with Gasteiger partial charge in [-0.25, -0.2) is 4.98 Å². The van der Waals surface area contributed by atoms with E-state index < -0.39 is 5.91 Å². The van der Waals surface area contributed by atoms with Crippen molar-refractivity contribution in [2.24, 2.45) is 11.7 Å². The summed E-state index contributed by atoms with van der Waals surface area (Å²) in [6.45, 7) is 2.47. The largest absolute Gasteiger partial charge is 0.491 e. The Hall–Kier alpha value is -3.09. The molecule has 1 aromatic carbocycles. The highest BCUT2D eigenvalue weighted by molar-refractivity contribution is 5.93. The van der Waals surface area contributed by atoms with E-state index in [1.54, 1.807) is 12.3 Å². The van der Waals surface area contributed by atoms with Gasteiger partial charge >= 0.3 is 0 Å². The summed E-state index contributed by atoms with van der Waals surface area (Å²) < 4.78 is 8.18. The van der Waals surface area contributed by atoms with Crippen molar-refractivity contribution < 1.29 is 9.53 Å². The Morgan fingerprint density at radius 3 is 3.04 bits per heavy atom. The fourth-order valence-corrected chi connectivity index (χ4v) is 3.57. The van der Waals surface area contributed by atoms with Crippen LogP contribution in [0.5, 0.6) is 5.75 Å². The van der Waals surface area contributed by atoms with E-state index in [4.69, 9.17) is 15.5 Å². The van der Waals surface area contributed by atoms with Crippen LogP contribution in [0, 0.1) is 5.92 Å². The van der Waals surface area contributed by atoms with Gasteiger partial charge in [-0.05, 0) is 43.4 Å². The first-order valence-electron chi connectivity index (χ1n) is 9.36. The normalized spacial score (nSPS) is 16.0. The van der Waals surface area contributed by atoms with Crippen LogP contribution in [-0.2, 0) is 6.54 Å². The van der Waals surface area contributed by atoms with E-state index in [-0.39, 0.29) is 5.69 Å². The standard InChI is InChI=1S/C20H21N5O2/c21-19(26)16-8-13(4-5-22-16)20-24-15-9-14(23-11-12-2-3-12)10-17-18(15)25(20)6-1-7-27-17/h4-5,8-10,12,23H,1-3,6-7,11H2,(H2,21,26). The van der Waals surface area contributed by atoms with Crippen molar-refractivity contribution in [3.8, 4) is 17.1 Å². The van der Waals surface area contributed by atoms with Crippen molar-refractivity contribution >= 4 is 22.6 Å². The minimum Gasteiger partial charge on any atom is -0.491 e. The lowest BCUT2D eigenvalue weighted by Gasteiger charge is -2.10. The number of ether oxygens (including phenoxy) is 1. The Balaban J connectivity index is 1.63. The molecule has 7 heteroatoms. The molecule has 1 fully saturated rings. The van der Waals surface area contributed by atoms with Crippen molar-refractivity contribution in [1.29, 1.82) is 0 Å². The Bertz CT molecular complexity index is 1040. The number of hydrogen-bond acceptors (Lipinski definition) is 5. The molecule has 0 radical (unpaired) electrons. The molecule has 7 nitrogen and oxygen atoms in total. The van der Waals surface area contributed by atoms with Crippen LogP contribution in [0.15, 0.2) is 30.5 Å². The number of anilines is 1. The zero-order valence-corrected chi connectivity index (χ0v) is 14.9. The molecule has 1 amide bonds. The molecule has 0 unspecified atom stereocenters. The number of benzene rings is 1. The van der Waals surface area contributed by atoms with Crippen LogP contribution >= 0.6 is 0 Å². The van der Waals surface area contributed by atoms with Gasteiger partial charge in [0.25, 0.3) is 5.91 Å². The van der Waals surface area contributed by atoms with Gasteiger partial charge in [-0.2, -0.15) is 0 Å². The lowest BCUT2D eigenvalue weighted by molar-refractivity contribution is 0.0995. The van der Waals surface area contributed by atoms with Gasteiger partial charge in [0.1, 0.15) is 22.8 Å². The second-order valence-electron chi connectivity index (χ2n) is 7.25. The Morgan fingerprint density at radius 1 is 1.33 bits per heavy atom. The average molecular weight is 363 g/mol. The minimum absolute atomic E-state index is 0.240. The minimum atomic E-state index is -0.542. The average Bonchev–Trinajstić information content (AvgIpc) is 3.46. The molecule has 1 aliphatic carbocycles. The monoisotopic (exact) mass is 363 g/mol. The third-order valence-corrected chi connectivity index (χ3v) is 5.15. The van der Waals surface area contributed by atoms with Gasteiger partial charge in [0.05, 0.1) is 12.1 Å². The Labute approximate surface area is 156 Å². The van der Waals surface area contributed by atoms with E-state index in [0.29, 0.717) is 6.61 Å². The number of carbonyl (C=O) groups is 1. The summed E-state index contributed by atoms with van der Waals surface area (Å²) in [5, 5.41) is 3.51. The summed E-state index contributed by atoms with van der Waals surface area (Å²) in [5.41, 5.74) is 9.38. The molecule has 27 heavy (non-hydrogen) atoms. The second kappa shape index (κ2) is 6.26. The number of rotatable bonds is 5. The summed E-state index contributed by atoms with van der Waals surface area (Å²) in [4.78, 5) is 20.4.